The minimum Gasteiger partial charge on any atom is -0.496 e. The third-order valence-corrected chi connectivity index (χ3v) is 2.70. The summed E-state index contributed by atoms with van der Waals surface area (Å²) in [6.07, 6.45) is 0.868. The van der Waals surface area contributed by atoms with E-state index in [2.05, 4.69) is 11.9 Å². The van der Waals surface area contributed by atoms with E-state index in [0.29, 0.717) is 0 Å². The van der Waals surface area contributed by atoms with Crippen LogP contribution in [0.15, 0.2) is 30.4 Å². The van der Waals surface area contributed by atoms with Gasteiger partial charge < -0.3 is 10.1 Å². The van der Waals surface area contributed by atoms with Gasteiger partial charge in [0.05, 0.1) is 7.11 Å². The zero-order valence-electron chi connectivity index (χ0n) is 10.0. The second kappa shape index (κ2) is 5.92. The fraction of sp³-hybridized carbons (Fsp3) is 0.385. The highest BCUT2D eigenvalue weighted by atomic mass is 35.5. The fourth-order valence-electron chi connectivity index (χ4n) is 1.69. The number of halogens is 1. The summed E-state index contributed by atoms with van der Waals surface area (Å²) in [4.78, 5) is 0. The zero-order chi connectivity index (χ0) is 12.1. The molecule has 0 radical (unpaired) electrons. The second-order valence-corrected chi connectivity index (χ2v) is 4.33. The van der Waals surface area contributed by atoms with Gasteiger partial charge >= 0.3 is 0 Å². The molecular weight excluding hydrogens is 222 g/mol. The van der Waals surface area contributed by atoms with Crippen molar-refractivity contribution in [2.24, 2.45) is 0 Å². The molecule has 0 spiro atoms. The van der Waals surface area contributed by atoms with Crippen molar-refractivity contribution in [1.82, 2.24) is 5.32 Å². The summed E-state index contributed by atoms with van der Waals surface area (Å²) >= 11 is 6.01. The average Bonchev–Trinajstić information content (AvgIpc) is 2.25. The van der Waals surface area contributed by atoms with Crippen molar-refractivity contribution in [3.8, 4) is 5.75 Å². The molecule has 0 saturated carbocycles. The Balaban J connectivity index is 3.06. The third kappa shape index (κ3) is 3.26. The zero-order valence-corrected chi connectivity index (χ0v) is 10.8. The first kappa shape index (κ1) is 13.1. The molecule has 1 unspecified atom stereocenters. The van der Waals surface area contributed by atoms with Gasteiger partial charge in [-0.1, -0.05) is 17.2 Å². The van der Waals surface area contributed by atoms with Gasteiger partial charge in [0.25, 0.3) is 0 Å². The van der Waals surface area contributed by atoms with Crippen LogP contribution < -0.4 is 10.1 Å². The Labute approximate surface area is 102 Å². The van der Waals surface area contributed by atoms with Gasteiger partial charge in [-0.25, -0.2) is 0 Å². The van der Waals surface area contributed by atoms with Crippen molar-refractivity contribution in [2.45, 2.75) is 19.4 Å². The first-order chi connectivity index (χ1) is 7.58. The molecule has 0 bridgehead atoms. The van der Waals surface area contributed by atoms with Crippen molar-refractivity contribution >= 4 is 11.6 Å². The van der Waals surface area contributed by atoms with Crippen LogP contribution in [0.5, 0.6) is 5.75 Å². The van der Waals surface area contributed by atoms with Crippen molar-refractivity contribution in [2.75, 3.05) is 14.2 Å². The third-order valence-electron chi connectivity index (χ3n) is 2.47. The van der Waals surface area contributed by atoms with Crippen LogP contribution in [0.25, 0.3) is 0 Å². The predicted molar refractivity (Wildman–Crippen MR) is 69.2 cm³/mol. The molecule has 88 valence electrons. The molecule has 0 aliphatic heterocycles. The molecule has 0 fully saturated rings. The van der Waals surface area contributed by atoms with E-state index in [9.17, 15) is 0 Å². The van der Waals surface area contributed by atoms with Crippen LogP contribution in [0.2, 0.25) is 5.02 Å². The summed E-state index contributed by atoms with van der Waals surface area (Å²) < 4.78 is 5.34. The largest absolute Gasteiger partial charge is 0.496 e. The Morgan fingerprint density at radius 3 is 2.75 bits per heavy atom. The van der Waals surface area contributed by atoms with Gasteiger partial charge in [0, 0.05) is 16.6 Å². The molecule has 1 N–H and O–H groups in total. The van der Waals surface area contributed by atoms with Crippen molar-refractivity contribution < 1.29 is 4.74 Å². The fourth-order valence-corrected chi connectivity index (χ4v) is 1.87. The maximum Gasteiger partial charge on any atom is 0.123 e. The van der Waals surface area contributed by atoms with Gasteiger partial charge in [0.1, 0.15) is 5.75 Å². The lowest BCUT2D eigenvalue weighted by molar-refractivity contribution is 0.401. The van der Waals surface area contributed by atoms with Gasteiger partial charge in [0.15, 0.2) is 0 Å². The van der Waals surface area contributed by atoms with Crippen LogP contribution in [0.3, 0.4) is 0 Å². The van der Waals surface area contributed by atoms with Gasteiger partial charge in [-0.2, -0.15) is 0 Å². The van der Waals surface area contributed by atoms with Crippen LogP contribution in [-0.4, -0.2) is 14.2 Å². The maximum absolute atomic E-state index is 6.01. The van der Waals surface area contributed by atoms with E-state index in [1.165, 1.54) is 0 Å². The van der Waals surface area contributed by atoms with Gasteiger partial charge in [-0.05, 0) is 38.6 Å². The highest BCUT2D eigenvalue weighted by Crippen LogP contribution is 2.31. The maximum atomic E-state index is 6.01. The summed E-state index contributed by atoms with van der Waals surface area (Å²) in [5, 5.41) is 3.97. The van der Waals surface area contributed by atoms with E-state index >= 15 is 0 Å². The van der Waals surface area contributed by atoms with Crippen LogP contribution in [0.4, 0.5) is 0 Å². The standard InChI is InChI=1S/C13H18ClNO/c1-9(2)7-12(15-3)11-8-10(14)5-6-13(11)16-4/h5-6,8,12,15H,1,7H2,2-4H3. The average molecular weight is 240 g/mol. The quantitative estimate of drug-likeness (QED) is 0.794. The number of ether oxygens (including phenoxy) is 1. The van der Waals surface area contributed by atoms with Crippen LogP contribution in [0, 0.1) is 0 Å². The lowest BCUT2D eigenvalue weighted by Crippen LogP contribution is -2.17. The molecule has 0 heterocycles. The van der Waals surface area contributed by atoms with E-state index in [1.54, 1.807) is 7.11 Å². The normalized spacial score (nSPS) is 12.2. The molecule has 0 aromatic heterocycles. The molecule has 0 aliphatic carbocycles. The monoisotopic (exact) mass is 239 g/mol. The molecule has 1 rings (SSSR count). The first-order valence-corrected chi connectivity index (χ1v) is 5.61. The van der Waals surface area contributed by atoms with Gasteiger partial charge in [0.2, 0.25) is 0 Å². The molecule has 0 amide bonds. The number of methoxy groups -OCH3 is 1. The topological polar surface area (TPSA) is 21.3 Å². The van der Waals surface area contributed by atoms with Crippen molar-refractivity contribution in [3.05, 3.63) is 40.9 Å². The molecule has 1 aromatic rings. The lowest BCUT2D eigenvalue weighted by Gasteiger charge is -2.19. The summed E-state index contributed by atoms with van der Waals surface area (Å²) in [5.74, 6) is 0.852. The Morgan fingerprint density at radius 1 is 1.56 bits per heavy atom. The molecule has 2 nitrogen and oxygen atoms in total. The number of rotatable bonds is 5. The number of benzene rings is 1. The van der Waals surface area contributed by atoms with Crippen molar-refractivity contribution in [1.29, 1.82) is 0 Å². The highest BCUT2D eigenvalue weighted by molar-refractivity contribution is 6.30. The minimum absolute atomic E-state index is 0.186. The lowest BCUT2D eigenvalue weighted by atomic mass is 9.99. The number of hydrogen-bond acceptors (Lipinski definition) is 2. The van der Waals surface area contributed by atoms with E-state index in [4.69, 9.17) is 16.3 Å². The Kier molecular flexibility index (Phi) is 4.84. The van der Waals surface area contributed by atoms with Crippen LogP contribution in [-0.2, 0) is 0 Å². The van der Waals surface area contributed by atoms with Crippen molar-refractivity contribution in [3.63, 3.8) is 0 Å². The van der Waals surface area contributed by atoms with E-state index in [1.807, 2.05) is 32.2 Å². The number of hydrogen-bond donors (Lipinski definition) is 1. The first-order valence-electron chi connectivity index (χ1n) is 5.23. The minimum atomic E-state index is 0.186. The summed E-state index contributed by atoms with van der Waals surface area (Å²) in [5.41, 5.74) is 2.20. The number of nitrogens with one attached hydrogen (secondary N) is 1. The van der Waals surface area contributed by atoms with Gasteiger partial charge in [-0.3, -0.25) is 0 Å². The second-order valence-electron chi connectivity index (χ2n) is 3.89. The van der Waals surface area contributed by atoms with Crippen LogP contribution in [0.1, 0.15) is 24.9 Å². The van der Waals surface area contributed by atoms with Gasteiger partial charge in [-0.15, -0.1) is 6.58 Å². The Morgan fingerprint density at radius 2 is 2.25 bits per heavy atom. The van der Waals surface area contributed by atoms with E-state index in [-0.39, 0.29) is 6.04 Å². The highest BCUT2D eigenvalue weighted by Gasteiger charge is 2.14. The molecule has 1 atom stereocenters. The SMILES string of the molecule is C=C(C)CC(NC)c1cc(Cl)ccc1OC. The Bertz CT molecular complexity index is 376. The smallest absolute Gasteiger partial charge is 0.123 e. The molecule has 16 heavy (non-hydrogen) atoms. The Hall–Kier alpha value is -0.990. The molecular formula is C13H18ClNO. The summed E-state index contributed by atoms with van der Waals surface area (Å²) in [7, 11) is 3.59. The molecule has 1 aromatic carbocycles. The molecule has 3 heteroatoms. The van der Waals surface area contributed by atoms with E-state index in [0.717, 1.165) is 28.3 Å². The van der Waals surface area contributed by atoms with E-state index < -0.39 is 0 Å². The summed E-state index contributed by atoms with van der Waals surface area (Å²) in [6.45, 7) is 5.95. The molecule has 0 aliphatic rings. The van der Waals surface area contributed by atoms with Crippen LogP contribution >= 0.6 is 11.6 Å². The molecule has 0 saturated heterocycles. The predicted octanol–water partition coefficient (Wildman–Crippen LogP) is 3.58. The summed E-state index contributed by atoms with van der Waals surface area (Å²) in [6, 6.07) is 5.84.